The molecule has 3 nitrogen and oxygen atoms in total. The Morgan fingerprint density at radius 2 is 2.28 bits per heavy atom. The van der Waals surface area contributed by atoms with Gasteiger partial charge >= 0.3 is 5.97 Å². The summed E-state index contributed by atoms with van der Waals surface area (Å²) in [6.07, 6.45) is 4.08. The average molecular weight is 244 g/mol. The maximum Gasteiger partial charge on any atom is 0.334 e. The Labute approximate surface area is 106 Å². The predicted molar refractivity (Wildman–Crippen MR) is 66.9 cm³/mol. The summed E-state index contributed by atoms with van der Waals surface area (Å²) in [6, 6.07) is 0. The van der Waals surface area contributed by atoms with E-state index in [0.717, 1.165) is 23.3 Å². The van der Waals surface area contributed by atoms with Crippen molar-refractivity contribution in [1.29, 1.82) is 0 Å². The molecule has 0 bridgehead atoms. The second kappa shape index (κ2) is 3.37. The third kappa shape index (κ3) is 1.22. The van der Waals surface area contributed by atoms with Crippen LogP contribution in [0.1, 0.15) is 29.9 Å². The van der Waals surface area contributed by atoms with E-state index in [0.29, 0.717) is 5.57 Å². The van der Waals surface area contributed by atoms with E-state index >= 15 is 0 Å². The molecule has 0 N–H and O–H groups in total. The van der Waals surface area contributed by atoms with Crippen LogP contribution in [0.2, 0.25) is 0 Å². The molecule has 0 radical (unpaired) electrons. The van der Waals surface area contributed by atoms with E-state index < -0.39 is 0 Å². The number of allylic oxidation sites excluding steroid dienone is 1. The van der Waals surface area contributed by atoms with Gasteiger partial charge in [0.25, 0.3) is 0 Å². The lowest BCUT2D eigenvalue weighted by atomic mass is 9.64. The van der Waals surface area contributed by atoms with Gasteiger partial charge in [-0.15, -0.1) is 6.58 Å². The van der Waals surface area contributed by atoms with Crippen molar-refractivity contribution in [1.82, 2.24) is 0 Å². The molecule has 2 heterocycles. The van der Waals surface area contributed by atoms with Crippen LogP contribution in [0.15, 0.2) is 35.5 Å². The zero-order valence-electron chi connectivity index (χ0n) is 10.7. The molecule has 0 amide bonds. The molecule has 1 fully saturated rings. The van der Waals surface area contributed by atoms with Gasteiger partial charge in [0.2, 0.25) is 0 Å². The first-order valence-electron chi connectivity index (χ1n) is 6.08. The molecular formula is C15H16O3. The van der Waals surface area contributed by atoms with Crippen LogP contribution < -0.4 is 0 Å². The molecular weight excluding hydrogens is 228 g/mol. The van der Waals surface area contributed by atoms with Crippen LogP contribution in [0.3, 0.4) is 0 Å². The molecule has 94 valence electrons. The van der Waals surface area contributed by atoms with Gasteiger partial charge in [0.1, 0.15) is 11.9 Å². The van der Waals surface area contributed by atoms with Crippen LogP contribution in [0.5, 0.6) is 0 Å². The van der Waals surface area contributed by atoms with Crippen molar-refractivity contribution >= 4 is 5.97 Å². The molecule has 2 aliphatic rings. The summed E-state index contributed by atoms with van der Waals surface area (Å²) in [5.41, 5.74) is 2.36. The van der Waals surface area contributed by atoms with Crippen LogP contribution in [-0.4, -0.2) is 5.97 Å². The number of rotatable bonds is 1. The zero-order chi connectivity index (χ0) is 13.1. The van der Waals surface area contributed by atoms with Gasteiger partial charge in [-0.2, -0.15) is 0 Å². The summed E-state index contributed by atoms with van der Waals surface area (Å²) in [7, 11) is 0. The molecule has 1 aliphatic carbocycles. The molecule has 1 aromatic heterocycles. The van der Waals surface area contributed by atoms with Crippen LogP contribution in [-0.2, 0) is 16.0 Å². The molecule has 1 aromatic rings. The fourth-order valence-corrected chi connectivity index (χ4v) is 3.22. The Morgan fingerprint density at radius 1 is 1.56 bits per heavy atom. The van der Waals surface area contributed by atoms with E-state index in [9.17, 15) is 4.79 Å². The van der Waals surface area contributed by atoms with Crippen molar-refractivity contribution < 1.29 is 13.9 Å². The minimum absolute atomic E-state index is 0.0358. The summed E-state index contributed by atoms with van der Waals surface area (Å²) in [5.74, 6) is 0.566. The molecule has 18 heavy (non-hydrogen) atoms. The number of hydrogen-bond acceptors (Lipinski definition) is 3. The highest BCUT2D eigenvalue weighted by atomic mass is 16.6. The summed E-state index contributed by atoms with van der Waals surface area (Å²) < 4.78 is 11.1. The number of aryl methyl sites for hydroxylation is 1. The Bertz CT molecular complexity index is 566. The molecule has 1 saturated heterocycles. The van der Waals surface area contributed by atoms with E-state index in [1.165, 1.54) is 0 Å². The van der Waals surface area contributed by atoms with Crippen molar-refractivity contribution in [3.63, 3.8) is 0 Å². The predicted octanol–water partition coefficient (Wildman–Crippen LogP) is 3.11. The van der Waals surface area contributed by atoms with Gasteiger partial charge in [0.05, 0.1) is 6.26 Å². The lowest BCUT2D eigenvalue weighted by molar-refractivity contribution is -0.140. The highest BCUT2D eigenvalue weighted by molar-refractivity contribution is 5.91. The van der Waals surface area contributed by atoms with Gasteiger partial charge in [-0.1, -0.05) is 19.6 Å². The van der Waals surface area contributed by atoms with E-state index in [1.807, 2.05) is 13.0 Å². The summed E-state index contributed by atoms with van der Waals surface area (Å²) in [5, 5.41) is 0. The van der Waals surface area contributed by atoms with Crippen molar-refractivity contribution in [3.05, 3.63) is 48.0 Å². The first-order chi connectivity index (χ1) is 8.48. The van der Waals surface area contributed by atoms with E-state index in [4.69, 9.17) is 9.15 Å². The molecule has 3 atom stereocenters. The topological polar surface area (TPSA) is 39.4 Å². The van der Waals surface area contributed by atoms with Crippen molar-refractivity contribution in [2.45, 2.75) is 26.4 Å². The third-order valence-corrected chi connectivity index (χ3v) is 4.28. The highest BCUT2D eigenvalue weighted by Gasteiger charge is 2.54. The van der Waals surface area contributed by atoms with Crippen LogP contribution >= 0.6 is 0 Å². The second-order valence-electron chi connectivity index (χ2n) is 5.47. The highest BCUT2D eigenvalue weighted by Crippen LogP contribution is 2.55. The largest absolute Gasteiger partial charge is 0.469 e. The van der Waals surface area contributed by atoms with Gasteiger partial charge in [0.15, 0.2) is 0 Å². The third-order valence-electron chi connectivity index (χ3n) is 4.28. The Morgan fingerprint density at radius 3 is 2.94 bits per heavy atom. The van der Waals surface area contributed by atoms with E-state index in [1.54, 1.807) is 6.26 Å². The minimum atomic E-state index is -0.300. The lowest BCUT2D eigenvalue weighted by Gasteiger charge is -2.38. The summed E-state index contributed by atoms with van der Waals surface area (Å²) in [6.45, 7) is 11.9. The Kier molecular flexibility index (Phi) is 2.12. The van der Waals surface area contributed by atoms with Crippen molar-refractivity contribution in [2.24, 2.45) is 11.3 Å². The summed E-state index contributed by atoms with van der Waals surface area (Å²) in [4.78, 5) is 11.8. The van der Waals surface area contributed by atoms with Crippen LogP contribution in [0, 0.1) is 18.3 Å². The number of carbonyl (C=O) groups is 1. The average Bonchev–Trinajstić information content (AvgIpc) is 2.82. The normalized spacial score (nSPS) is 33.9. The Balaban J connectivity index is 2.21. The molecule has 3 rings (SSSR count). The van der Waals surface area contributed by atoms with E-state index in [2.05, 4.69) is 20.1 Å². The fraction of sp³-hybridized carbons (Fsp3) is 0.400. The number of furan rings is 1. The Hall–Kier alpha value is -1.77. The first-order valence-corrected chi connectivity index (χ1v) is 6.08. The molecule has 1 unspecified atom stereocenters. The van der Waals surface area contributed by atoms with Crippen molar-refractivity contribution in [2.75, 3.05) is 0 Å². The summed E-state index contributed by atoms with van der Waals surface area (Å²) >= 11 is 0. The standard InChI is InChI=1S/C15H16O3/c1-5-15(4)6-10-11(8(2)7-17-10)13-12(15)9(3)14(16)18-13/h5,7,12-13H,1,3,6H2,2,4H3/t12-,13?,15-/m1/s1. The van der Waals surface area contributed by atoms with Gasteiger partial charge in [0, 0.05) is 28.9 Å². The number of fused-ring (bicyclic) bond motifs is 3. The molecule has 3 heteroatoms. The molecule has 0 saturated carbocycles. The maximum atomic E-state index is 11.8. The molecule has 1 aliphatic heterocycles. The van der Waals surface area contributed by atoms with Crippen LogP contribution in [0.25, 0.3) is 0 Å². The zero-order valence-corrected chi connectivity index (χ0v) is 10.7. The van der Waals surface area contributed by atoms with Crippen molar-refractivity contribution in [3.8, 4) is 0 Å². The number of ether oxygens (including phenoxy) is 1. The maximum absolute atomic E-state index is 11.8. The quantitative estimate of drug-likeness (QED) is 0.433. The van der Waals surface area contributed by atoms with E-state index in [-0.39, 0.29) is 23.4 Å². The van der Waals surface area contributed by atoms with Gasteiger partial charge in [-0.05, 0) is 12.5 Å². The lowest BCUT2D eigenvalue weighted by Crippen LogP contribution is -2.35. The molecule has 0 aromatic carbocycles. The molecule has 0 spiro atoms. The van der Waals surface area contributed by atoms with Gasteiger partial charge in [-0.25, -0.2) is 4.79 Å². The number of esters is 1. The fourth-order valence-electron chi connectivity index (χ4n) is 3.22. The number of hydrogen-bond donors (Lipinski definition) is 0. The first kappa shape index (κ1) is 11.3. The second-order valence-corrected chi connectivity index (χ2v) is 5.47. The van der Waals surface area contributed by atoms with Gasteiger partial charge in [-0.3, -0.25) is 0 Å². The monoisotopic (exact) mass is 244 g/mol. The van der Waals surface area contributed by atoms with Crippen LogP contribution in [0.4, 0.5) is 0 Å². The van der Waals surface area contributed by atoms with Gasteiger partial charge < -0.3 is 9.15 Å². The number of carbonyl (C=O) groups excluding carboxylic acids is 1. The smallest absolute Gasteiger partial charge is 0.334 e. The SMILES string of the molecule is C=C[C@]1(C)Cc2occ(C)c2C2OC(=O)C(=C)[C@H]21. The minimum Gasteiger partial charge on any atom is -0.469 e.